The largest absolute Gasteiger partial charge is 0.508 e. The minimum absolute atomic E-state index is 0.00955. The van der Waals surface area contributed by atoms with Crippen molar-refractivity contribution in [2.45, 2.75) is 43.6 Å². The summed E-state index contributed by atoms with van der Waals surface area (Å²) in [5, 5.41) is 20.4. The molecule has 174 valence electrons. The van der Waals surface area contributed by atoms with Gasteiger partial charge in [-0.15, -0.1) is 0 Å². The first-order valence-corrected chi connectivity index (χ1v) is 11.6. The molecule has 3 aromatic rings. The number of phenolic OH excluding ortho intramolecular Hbond substituents is 1. The lowest BCUT2D eigenvalue weighted by atomic mass is 9.64. The fraction of sp³-hybridized carbons (Fsp3) is 0.241. The summed E-state index contributed by atoms with van der Waals surface area (Å²) >= 11 is 0. The van der Waals surface area contributed by atoms with Crippen molar-refractivity contribution in [2.24, 2.45) is 5.73 Å². The number of hydrogen-bond acceptors (Lipinski definition) is 5. The van der Waals surface area contributed by atoms with Gasteiger partial charge in [-0.2, -0.15) is 5.26 Å². The van der Waals surface area contributed by atoms with Gasteiger partial charge in [0, 0.05) is 28.1 Å². The molecule has 3 N–H and O–H groups in total. The van der Waals surface area contributed by atoms with E-state index in [1.807, 2.05) is 35.2 Å². The van der Waals surface area contributed by atoms with Crippen LogP contribution in [0.2, 0.25) is 0 Å². The van der Waals surface area contributed by atoms with Crippen molar-refractivity contribution in [2.75, 3.05) is 4.90 Å². The lowest BCUT2D eigenvalue weighted by molar-refractivity contribution is -0.122. The zero-order valence-corrected chi connectivity index (χ0v) is 19.8. The fourth-order valence-electron chi connectivity index (χ4n) is 6.63. The Morgan fingerprint density at radius 1 is 1.00 bits per heavy atom. The van der Waals surface area contributed by atoms with Crippen molar-refractivity contribution in [1.29, 1.82) is 5.26 Å². The Hall–Kier alpha value is -4.24. The lowest BCUT2D eigenvalue weighted by Crippen LogP contribution is -2.57. The van der Waals surface area contributed by atoms with Gasteiger partial charge < -0.3 is 20.5 Å². The molecule has 2 atom stereocenters. The van der Waals surface area contributed by atoms with Gasteiger partial charge in [0.1, 0.15) is 28.6 Å². The number of rotatable bonds is 1. The smallest absolute Gasteiger partial charge is 0.248 e. The molecule has 0 unspecified atom stereocenters. The van der Waals surface area contributed by atoms with Crippen LogP contribution in [0.25, 0.3) is 0 Å². The minimum Gasteiger partial charge on any atom is -0.508 e. The van der Waals surface area contributed by atoms with Gasteiger partial charge in [-0.3, -0.25) is 4.79 Å². The van der Waals surface area contributed by atoms with Crippen LogP contribution in [0.4, 0.5) is 5.69 Å². The number of para-hydroxylation sites is 1. The molecular weight excluding hydrogens is 438 g/mol. The Bertz CT molecular complexity index is 1500. The molecule has 6 rings (SSSR count). The third kappa shape index (κ3) is 2.45. The number of nitriles is 1. The number of nitrogens with zero attached hydrogens (tertiary/aromatic N) is 2. The first-order valence-electron chi connectivity index (χ1n) is 11.6. The van der Waals surface area contributed by atoms with Crippen LogP contribution < -0.4 is 15.4 Å². The first-order chi connectivity index (χ1) is 16.7. The third-order valence-electron chi connectivity index (χ3n) is 7.91. The molecule has 0 aliphatic carbocycles. The molecule has 0 bridgehead atoms. The quantitative estimate of drug-likeness (QED) is 0.550. The molecule has 3 heterocycles. The number of fused-ring (bicyclic) bond motifs is 3. The molecule has 6 nitrogen and oxygen atoms in total. The van der Waals surface area contributed by atoms with Crippen LogP contribution in [0.3, 0.4) is 0 Å². The van der Waals surface area contributed by atoms with Crippen LogP contribution in [0.1, 0.15) is 49.4 Å². The van der Waals surface area contributed by atoms with Crippen molar-refractivity contribution < 1.29 is 14.6 Å². The predicted molar refractivity (Wildman–Crippen MR) is 132 cm³/mol. The standard InChI is InChI=1S/C29H25N3O3/c1-27(2)16-28(3,17-8-5-4-6-9-17)20-10-7-11-21-24(20)32(27)26(34)29(21)19-13-12-18(33)14-23(19)35-25(31)22(29)15-30/h4-14,33H,16,31H2,1-3H3/t28-,29-/m0/s1. The molecule has 0 radical (unpaired) electrons. The highest BCUT2D eigenvalue weighted by atomic mass is 16.5. The van der Waals surface area contributed by atoms with E-state index in [0.717, 1.165) is 11.3 Å². The summed E-state index contributed by atoms with van der Waals surface area (Å²) in [5.41, 5.74) is 8.21. The highest BCUT2D eigenvalue weighted by Gasteiger charge is 2.64. The highest BCUT2D eigenvalue weighted by molar-refractivity contribution is 6.16. The van der Waals surface area contributed by atoms with Gasteiger partial charge in [0.25, 0.3) is 0 Å². The van der Waals surface area contributed by atoms with Crippen molar-refractivity contribution in [3.05, 3.63) is 100 Å². The Morgan fingerprint density at radius 3 is 2.43 bits per heavy atom. The summed E-state index contributed by atoms with van der Waals surface area (Å²) in [6.07, 6.45) is 0.697. The van der Waals surface area contributed by atoms with E-state index in [-0.39, 0.29) is 34.3 Å². The lowest BCUT2D eigenvalue weighted by Gasteiger charge is -2.50. The number of amides is 1. The molecule has 3 aromatic carbocycles. The van der Waals surface area contributed by atoms with E-state index >= 15 is 0 Å². The van der Waals surface area contributed by atoms with Gasteiger partial charge in [0.05, 0.1) is 5.69 Å². The average Bonchev–Trinajstić information content (AvgIpc) is 3.08. The molecule has 0 fully saturated rings. The molecule has 0 saturated carbocycles. The second kappa shape index (κ2) is 6.67. The van der Waals surface area contributed by atoms with Crippen LogP contribution in [0, 0.1) is 11.3 Å². The minimum atomic E-state index is -1.45. The van der Waals surface area contributed by atoms with Crippen LogP contribution in [0.5, 0.6) is 11.5 Å². The summed E-state index contributed by atoms with van der Waals surface area (Å²) in [7, 11) is 0. The topological polar surface area (TPSA) is 99.6 Å². The van der Waals surface area contributed by atoms with E-state index in [4.69, 9.17) is 10.5 Å². The van der Waals surface area contributed by atoms with E-state index in [1.54, 1.807) is 6.07 Å². The summed E-state index contributed by atoms with van der Waals surface area (Å²) < 4.78 is 5.75. The van der Waals surface area contributed by atoms with E-state index in [9.17, 15) is 15.2 Å². The summed E-state index contributed by atoms with van der Waals surface area (Å²) in [6, 6.07) is 23.1. The maximum Gasteiger partial charge on any atom is 0.248 e. The van der Waals surface area contributed by atoms with Crippen LogP contribution in [-0.2, 0) is 15.6 Å². The third-order valence-corrected chi connectivity index (χ3v) is 7.91. The highest BCUT2D eigenvalue weighted by Crippen LogP contribution is 2.62. The number of nitrogens with two attached hydrogens (primary N) is 1. The molecular formula is C29H25N3O3. The molecule has 35 heavy (non-hydrogen) atoms. The van der Waals surface area contributed by atoms with Crippen LogP contribution in [-0.4, -0.2) is 16.6 Å². The predicted octanol–water partition coefficient (Wildman–Crippen LogP) is 4.60. The Labute approximate surface area is 203 Å². The second-order valence-corrected chi connectivity index (χ2v) is 10.4. The number of phenols is 1. The van der Waals surface area contributed by atoms with E-state index < -0.39 is 11.0 Å². The molecule has 0 aromatic heterocycles. The number of hydrogen-bond donors (Lipinski definition) is 2. The monoisotopic (exact) mass is 463 g/mol. The number of benzene rings is 3. The molecule has 6 heteroatoms. The van der Waals surface area contributed by atoms with Crippen molar-refractivity contribution in [1.82, 2.24) is 0 Å². The van der Waals surface area contributed by atoms with Gasteiger partial charge in [-0.25, -0.2) is 0 Å². The number of carbonyl (C=O) groups excluding carboxylic acids is 1. The first kappa shape index (κ1) is 21.3. The van der Waals surface area contributed by atoms with Gasteiger partial charge in [-0.1, -0.05) is 55.5 Å². The van der Waals surface area contributed by atoms with Gasteiger partial charge >= 0.3 is 0 Å². The van der Waals surface area contributed by atoms with E-state index in [2.05, 4.69) is 45.0 Å². The van der Waals surface area contributed by atoms with Gasteiger partial charge in [-0.05, 0) is 43.5 Å². The van der Waals surface area contributed by atoms with Gasteiger partial charge in [0.15, 0.2) is 0 Å². The SMILES string of the molecule is CC1(C)C[C@@](C)(c2ccccc2)c2cccc3c2N1C(=O)[C@]31C(C#N)=C(N)Oc2cc(O)ccc21. The van der Waals surface area contributed by atoms with Crippen LogP contribution >= 0.6 is 0 Å². The zero-order chi connectivity index (χ0) is 24.8. The molecule has 1 spiro atoms. The summed E-state index contributed by atoms with van der Waals surface area (Å²) in [6.45, 7) is 6.36. The number of ether oxygens (including phenoxy) is 1. The van der Waals surface area contributed by atoms with Crippen molar-refractivity contribution in [3.63, 3.8) is 0 Å². The molecule has 0 saturated heterocycles. The summed E-state index contributed by atoms with van der Waals surface area (Å²) in [4.78, 5) is 16.5. The number of aromatic hydroxyl groups is 1. The normalized spacial score (nSPS) is 25.7. The van der Waals surface area contributed by atoms with Gasteiger partial charge in [0.2, 0.25) is 11.8 Å². The Morgan fingerprint density at radius 2 is 1.71 bits per heavy atom. The zero-order valence-electron chi connectivity index (χ0n) is 19.8. The van der Waals surface area contributed by atoms with Crippen molar-refractivity contribution in [3.8, 4) is 17.6 Å². The average molecular weight is 464 g/mol. The second-order valence-electron chi connectivity index (χ2n) is 10.4. The Balaban J connectivity index is 1.75. The maximum atomic E-state index is 14.6. The number of carbonyl (C=O) groups is 1. The summed E-state index contributed by atoms with van der Waals surface area (Å²) in [5.74, 6) is -0.0876. The molecule has 1 amide bonds. The van der Waals surface area contributed by atoms with E-state index in [1.165, 1.54) is 17.7 Å². The fourth-order valence-corrected chi connectivity index (χ4v) is 6.63. The Kier molecular flexibility index (Phi) is 4.06. The van der Waals surface area contributed by atoms with Crippen LogP contribution in [0.15, 0.2) is 78.2 Å². The molecule has 3 aliphatic rings. The van der Waals surface area contributed by atoms with E-state index in [0.29, 0.717) is 17.5 Å². The van der Waals surface area contributed by atoms with Crippen molar-refractivity contribution >= 4 is 11.6 Å². The molecule has 3 aliphatic heterocycles. The maximum absolute atomic E-state index is 14.6. The number of anilines is 1.